The molecular weight excluding hydrogens is 270 g/mol. The second kappa shape index (κ2) is 4.37. The first-order valence-electron chi connectivity index (χ1n) is 5.96. The van der Waals surface area contributed by atoms with Gasteiger partial charge in [0.05, 0.1) is 29.3 Å². The van der Waals surface area contributed by atoms with Crippen molar-refractivity contribution in [3.8, 4) is 0 Å². The summed E-state index contributed by atoms with van der Waals surface area (Å²) in [7, 11) is 0. The monoisotopic (exact) mass is 282 g/mol. The number of nitrogens with zero attached hydrogens (tertiary/aromatic N) is 3. The molecule has 0 aromatic carbocycles. The number of hydrogen-bond donors (Lipinski definition) is 4. The lowest BCUT2D eigenvalue weighted by atomic mass is 9.88. The van der Waals surface area contributed by atoms with Crippen molar-refractivity contribution in [1.82, 2.24) is 20.4 Å². The standard InChI is InChI=1S/C11H12F2N6O/c12-6-1-2-11(6,13)18-9(19-20)7-5(14)3-15-10-8(7)16-4-17-10/h3-4,6,20H,1-2,14H2,(H,18,19)(H,15,16,17). The van der Waals surface area contributed by atoms with Gasteiger partial charge in [-0.05, 0) is 6.42 Å². The van der Waals surface area contributed by atoms with Crippen LogP contribution in [0, 0.1) is 0 Å². The van der Waals surface area contributed by atoms with Crippen LogP contribution in [-0.2, 0) is 0 Å². The molecule has 2 unspecified atom stereocenters. The number of pyridine rings is 1. The molecule has 2 heterocycles. The first-order valence-corrected chi connectivity index (χ1v) is 5.96. The van der Waals surface area contributed by atoms with Crippen molar-refractivity contribution in [2.75, 3.05) is 5.73 Å². The van der Waals surface area contributed by atoms with Gasteiger partial charge in [0.15, 0.2) is 17.7 Å². The Balaban J connectivity index is 2.14. The fraction of sp³-hybridized carbons (Fsp3) is 0.364. The maximum Gasteiger partial charge on any atom is 0.233 e. The molecule has 106 valence electrons. The van der Waals surface area contributed by atoms with Crippen molar-refractivity contribution in [2.45, 2.75) is 24.8 Å². The number of imidazole rings is 1. The van der Waals surface area contributed by atoms with Crippen molar-refractivity contribution < 1.29 is 14.0 Å². The molecular formula is C11H12F2N6O. The van der Waals surface area contributed by atoms with Crippen molar-refractivity contribution in [1.29, 1.82) is 0 Å². The number of aromatic amines is 1. The quantitative estimate of drug-likeness (QED) is 0.285. The van der Waals surface area contributed by atoms with Crippen LogP contribution in [0.3, 0.4) is 0 Å². The van der Waals surface area contributed by atoms with Crippen LogP contribution in [-0.4, -0.2) is 38.0 Å². The number of nitrogens with two attached hydrogens (primary N) is 1. The van der Waals surface area contributed by atoms with Crippen molar-refractivity contribution in [3.63, 3.8) is 0 Å². The second-order valence-corrected chi connectivity index (χ2v) is 4.59. The fourth-order valence-corrected chi connectivity index (χ4v) is 2.10. The summed E-state index contributed by atoms with van der Waals surface area (Å²) in [5.74, 6) is -2.60. The predicted molar refractivity (Wildman–Crippen MR) is 67.7 cm³/mol. The molecule has 2 atom stereocenters. The third-order valence-electron chi connectivity index (χ3n) is 3.35. The maximum absolute atomic E-state index is 14.1. The topological polar surface area (TPSA) is 112 Å². The molecule has 0 spiro atoms. The Kier molecular flexibility index (Phi) is 2.78. The van der Waals surface area contributed by atoms with E-state index < -0.39 is 12.0 Å². The minimum Gasteiger partial charge on any atom is -0.397 e. The lowest BCUT2D eigenvalue weighted by Gasteiger charge is -2.34. The van der Waals surface area contributed by atoms with E-state index in [1.165, 1.54) is 12.5 Å². The lowest BCUT2D eigenvalue weighted by molar-refractivity contribution is -0.0307. The molecule has 0 bridgehead atoms. The Bertz CT molecular complexity index is 687. The molecule has 5 N–H and O–H groups in total. The number of H-pyrrole nitrogens is 1. The molecule has 20 heavy (non-hydrogen) atoms. The van der Waals surface area contributed by atoms with Gasteiger partial charge in [0, 0.05) is 6.42 Å². The molecule has 2 aromatic heterocycles. The molecule has 0 amide bonds. The molecule has 0 aliphatic heterocycles. The van der Waals surface area contributed by atoms with Crippen molar-refractivity contribution in [2.24, 2.45) is 4.99 Å². The highest BCUT2D eigenvalue weighted by molar-refractivity contribution is 6.10. The number of rotatable bonds is 2. The molecule has 1 fully saturated rings. The van der Waals surface area contributed by atoms with Gasteiger partial charge in [-0.2, -0.15) is 0 Å². The van der Waals surface area contributed by atoms with Crippen molar-refractivity contribution >= 4 is 22.7 Å². The lowest BCUT2D eigenvalue weighted by Crippen LogP contribution is -2.45. The summed E-state index contributed by atoms with van der Waals surface area (Å²) in [4.78, 5) is 14.3. The van der Waals surface area contributed by atoms with Gasteiger partial charge < -0.3 is 10.7 Å². The van der Waals surface area contributed by atoms with Gasteiger partial charge in [-0.15, -0.1) is 0 Å². The van der Waals surface area contributed by atoms with Crippen LogP contribution >= 0.6 is 0 Å². The Hall–Kier alpha value is -2.29. The van der Waals surface area contributed by atoms with Crippen LogP contribution in [0.25, 0.3) is 11.2 Å². The number of aliphatic imine (C=N–C) groups is 1. The normalized spacial score (nSPS) is 26.6. The Morgan fingerprint density at radius 1 is 1.60 bits per heavy atom. The highest BCUT2D eigenvalue weighted by Gasteiger charge is 2.49. The first kappa shape index (κ1) is 12.7. The molecule has 1 aliphatic rings. The van der Waals surface area contributed by atoms with Gasteiger partial charge in [0.1, 0.15) is 0 Å². The molecule has 1 aliphatic carbocycles. The Morgan fingerprint density at radius 2 is 2.40 bits per heavy atom. The Morgan fingerprint density at radius 3 is 3.00 bits per heavy atom. The molecule has 3 rings (SSSR count). The van der Waals surface area contributed by atoms with E-state index in [2.05, 4.69) is 19.9 Å². The van der Waals surface area contributed by atoms with E-state index in [-0.39, 0.29) is 29.9 Å². The number of nitrogens with one attached hydrogen (secondary N) is 2. The number of nitrogen functional groups attached to an aromatic ring is 1. The summed E-state index contributed by atoms with van der Waals surface area (Å²) in [6.45, 7) is 0. The van der Waals surface area contributed by atoms with Gasteiger partial charge in [-0.3, -0.25) is 10.7 Å². The van der Waals surface area contributed by atoms with E-state index in [0.29, 0.717) is 11.2 Å². The van der Waals surface area contributed by atoms with Crippen molar-refractivity contribution in [3.05, 3.63) is 18.1 Å². The third kappa shape index (κ3) is 1.78. The zero-order chi connectivity index (χ0) is 14.3. The summed E-state index contributed by atoms with van der Waals surface area (Å²) in [6, 6.07) is 0. The minimum atomic E-state index is -2.34. The van der Waals surface area contributed by atoms with Crippen LogP contribution in [0.4, 0.5) is 14.5 Å². The zero-order valence-corrected chi connectivity index (χ0v) is 10.3. The Labute approximate surface area is 111 Å². The molecule has 2 aromatic rings. The van der Waals surface area contributed by atoms with E-state index >= 15 is 0 Å². The van der Waals surface area contributed by atoms with E-state index in [9.17, 15) is 14.0 Å². The molecule has 7 nitrogen and oxygen atoms in total. The van der Waals surface area contributed by atoms with Crippen LogP contribution < -0.4 is 11.2 Å². The number of amidine groups is 1. The summed E-state index contributed by atoms with van der Waals surface area (Å²) in [6.07, 6.45) is 1.05. The molecule has 0 radical (unpaired) electrons. The van der Waals surface area contributed by atoms with E-state index in [4.69, 9.17) is 5.73 Å². The average Bonchev–Trinajstić information content (AvgIpc) is 2.91. The first-order chi connectivity index (χ1) is 9.55. The number of anilines is 1. The molecule has 1 saturated carbocycles. The van der Waals surface area contributed by atoms with Crippen LogP contribution in [0.2, 0.25) is 0 Å². The van der Waals surface area contributed by atoms with Gasteiger partial charge in [-0.25, -0.2) is 23.7 Å². The smallest absolute Gasteiger partial charge is 0.233 e. The van der Waals surface area contributed by atoms with E-state index in [1.807, 2.05) is 0 Å². The number of halogens is 2. The highest BCUT2D eigenvalue weighted by Crippen LogP contribution is 2.40. The summed E-state index contributed by atoms with van der Waals surface area (Å²) >= 11 is 0. The second-order valence-electron chi connectivity index (χ2n) is 4.59. The van der Waals surface area contributed by atoms with Crippen LogP contribution in [0.5, 0.6) is 0 Å². The van der Waals surface area contributed by atoms with Gasteiger partial charge in [-0.1, -0.05) is 0 Å². The minimum absolute atomic E-state index is 0.0452. The fourth-order valence-electron chi connectivity index (χ4n) is 2.10. The van der Waals surface area contributed by atoms with Gasteiger partial charge in [0.25, 0.3) is 0 Å². The maximum atomic E-state index is 14.1. The number of alkyl halides is 2. The summed E-state index contributed by atoms with van der Waals surface area (Å²) in [5.41, 5.74) is 8.61. The predicted octanol–water partition coefficient (Wildman–Crippen LogP) is 1.06. The zero-order valence-electron chi connectivity index (χ0n) is 10.3. The summed E-state index contributed by atoms with van der Waals surface area (Å²) < 4.78 is 27.4. The van der Waals surface area contributed by atoms with Gasteiger partial charge >= 0.3 is 0 Å². The summed E-state index contributed by atoms with van der Waals surface area (Å²) in [5, 5.41) is 9.19. The number of hydroxylamine groups is 1. The largest absolute Gasteiger partial charge is 0.397 e. The number of hydrogen-bond acceptors (Lipinski definition) is 5. The highest BCUT2D eigenvalue weighted by atomic mass is 19.2. The molecule has 0 saturated heterocycles. The van der Waals surface area contributed by atoms with Crippen LogP contribution in [0.1, 0.15) is 18.4 Å². The van der Waals surface area contributed by atoms with Gasteiger partial charge in [0.2, 0.25) is 5.79 Å². The van der Waals surface area contributed by atoms with E-state index in [0.717, 1.165) is 0 Å². The SMILES string of the molecule is Nc1cnc2nc[nH]c2c1C(=NC1(F)CCC1F)NO. The number of fused-ring (bicyclic) bond motifs is 1. The van der Waals surface area contributed by atoms with E-state index in [1.54, 1.807) is 5.48 Å². The average molecular weight is 282 g/mol. The third-order valence-corrected chi connectivity index (χ3v) is 3.35. The van der Waals surface area contributed by atoms with Crippen LogP contribution in [0.15, 0.2) is 17.5 Å². The molecule has 9 heteroatoms. The number of aromatic nitrogens is 3.